The number of aryl methyl sites for hydroxylation is 1. The molecule has 116 valence electrons. The van der Waals surface area contributed by atoms with Gasteiger partial charge in [0, 0.05) is 0 Å². The van der Waals surface area contributed by atoms with Crippen LogP contribution in [0.5, 0.6) is 0 Å². The van der Waals surface area contributed by atoms with Crippen LogP contribution in [0.4, 0.5) is 15.8 Å². The summed E-state index contributed by atoms with van der Waals surface area (Å²) >= 11 is 5.69. The van der Waals surface area contributed by atoms with Crippen LogP contribution in [0, 0.1) is 12.7 Å². The third-order valence-corrected chi connectivity index (χ3v) is 3.51. The first-order valence-electron chi connectivity index (χ1n) is 6.80. The van der Waals surface area contributed by atoms with E-state index in [2.05, 4.69) is 15.3 Å². The van der Waals surface area contributed by atoms with E-state index < -0.39 is 5.82 Å². The number of benzene rings is 2. The lowest BCUT2D eigenvalue weighted by Gasteiger charge is -1.99. The number of halogens is 2. The topological polar surface area (TPSA) is 62.5 Å². The molecule has 5 nitrogen and oxygen atoms in total. The maximum absolute atomic E-state index is 13.1. The molecule has 0 saturated heterocycles. The van der Waals surface area contributed by atoms with Crippen molar-refractivity contribution < 1.29 is 4.39 Å². The van der Waals surface area contributed by atoms with E-state index >= 15 is 0 Å². The van der Waals surface area contributed by atoms with E-state index in [9.17, 15) is 9.18 Å². The Labute approximate surface area is 136 Å². The zero-order chi connectivity index (χ0) is 16.4. The summed E-state index contributed by atoms with van der Waals surface area (Å²) in [6.07, 6.45) is 0. The number of nitrogens with one attached hydrogen (secondary N) is 1. The molecule has 3 aromatic rings. The third kappa shape index (κ3) is 3.07. The van der Waals surface area contributed by atoms with E-state index in [0.717, 1.165) is 0 Å². The van der Waals surface area contributed by atoms with Gasteiger partial charge < -0.3 is 0 Å². The quantitative estimate of drug-likeness (QED) is 0.696. The molecule has 0 amide bonds. The summed E-state index contributed by atoms with van der Waals surface area (Å²) in [7, 11) is 0. The summed E-state index contributed by atoms with van der Waals surface area (Å²) in [5.41, 5.74) is 1.52. The molecule has 3 rings (SSSR count). The molecule has 1 heterocycles. The second kappa shape index (κ2) is 6.18. The highest BCUT2D eigenvalue weighted by atomic mass is 35.5. The molecular formula is C16H12ClFN4O. The van der Waals surface area contributed by atoms with Gasteiger partial charge in [-0.3, -0.25) is 9.89 Å². The van der Waals surface area contributed by atoms with Gasteiger partial charge in [-0.25, -0.2) is 9.07 Å². The summed E-state index contributed by atoms with van der Waals surface area (Å²) in [5.74, 6) is -0.533. The van der Waals surface area contributed by atoms with Crippen LogP contribution in [0.3, 0.4) is 0 Å². The maximum Gasteiger partial charge on any atom is 0.299 e. The molecule has 7 heteroatoms. The summed E-state index contributed by atoms with van der Waals surface area (Å²) in [4.78, 5) is 12.4. The summed E-state index contributed by atoms with van der Waals surface area (Å²) in [5, 5.41) is 10.8. The molecule has 0 atom stereocenters. The number of para-hydroxylation sites is 1. The molecule has 0 bridgehead atoms. The van der Waals surface area contributed by atoms with Crippen LogP contribution in [-0.2, 0) is 0 Å². The van der Waals surface area contributed by atoms with Crippen LogP contribution in [0.15, 0.2) is 63.6 Å². The van der Waals surface area contributed by atoms with Crippen molar-refractivity contribution in [2.75, 3.05) is 0 Å². The summed E-state index contributed by atoms with van der Waals surface area (Å²) in [6.45, 7) is 1.73. The number of aromatic nitrogens is 2. The zero-order valence-corrected chi connectivity index (χ0v) is 12.9. The van der Waals surface area contributed by atoms with Gasteiger partial charge in [0.2, 0.25) is 0 Å². The minimum atomic E-state index is -0.533. The highest BCUT2D eigenvalue weighted by Crippen LogP contribution is 2.23. The molecule has 0 fully saturated rings. The Hall–Kier alpha value is -2.73. The van der Waals surface area contributed by atoms with Gasteiger partial charge in [0.1, 0.15) is 5.82 Å². The van der Waals surface area contributed by atoms with E-state index in [4.69, 9.17) is 11.6 Å². The molecule has 0 saturated carbocycles. The van der Waals surface area contributed by atoms with Crippen molar-refractivity contribution in [2.24, 2.45) is 10.2 Å². The first-order chi connectivity index (χ1) is 11.1. The van der Waals surface area contributed by atoms with Crippen LogP contribution in [0.2, 0.25) is 5.02 Å². The Morgan fingerprint density at radius 1 is 1.13 bits per heavy atom. The number of azo groups is 1. The number of nitrogens with zero attached hydrogens (tertiary/aromatic N) is 3. The fraction of sp³-hybridized carbons (Fsp3) is 0.0625. The number of H-pyrrole nitrogens is 1. The SMILES string of the molecule is Cc1[nH]n(-c2ccccc2)c(=O)c1N=Nc1ccc(F)c(Cl)c1. The molecule has 0 radical (unpaired) electrons. The fourth-order valence-corrected chi connectivity index (χ4v) is 2.24. The minimum Gasteiger partial charge on any atom is -0.293 e. The van der Waals surface area contributed by atoms with Gasteiger partial charge in [0.15, 0.2) is 5.69 Å². The van der Waals surface area contributed by atoms with Crippen molar-refractivity contribution in [3.63, 3.8) is 0 Å². The zero-order valence-electron chi connectivity index (χ0n) is 12.1. The molecule has 1 aromatic heterocycles. The second-order valence-corrected chi connectivity index (χ2v) is 5.27. The molecule has 23 heavy (non-hydrogen) atoms. The minimum absolute atomic E-state index is 0.0473. The van der Waals surface area contributed by atoms with E-state index in [1.165, 1.54) is 22.9 Å². The molecule has 0 unspecified atom stereocenters. The smallest absolute Gasteiger partial charge is 0.293 e. The van der Waals surface area contributed by atoms with Crippen LogP contribution in [-0.4, -0.2) is 9.78 Å². The Balaban J connectivity index is 1.98. The molecule has 2 aromatic carbocycles. The third-order valence-electron chi connectivity index (χ3n) is 3.22. The summed E-state index contributed by atoms with van der Waals surface area (Å²) < 4.78 is 14.5. The maximum atomic E-state index is 13.1. The molecule has 1 N–H and O–H groups in total. The van der Waals surface area contributed by atoms with Gasteiger partial charge in [-0.15, -0.1) is 5.11 Å². The first-order valence-corrected chi connectivity index (χ1v) is 7.18. The largest absolute Gasteiger partial charge is 0.299 e. The molecule has 0 aliphatic carbocycles. The average molecular weight is 331 g/mol. The van der Waals surface area contributed by atoms with E-state index in [0.29, 0.717) is 17.1 Å². The molecule has 0 spiro atoms. The molecule has 0 aliphatic heterocycles. The standard InChI is InChI=1S/C16H12ClFN4O/c1-10-15(20-19-11-7-8-14(18)13(17)9-11)16(23)22(21-10)12-5-3-2-4-6-12/h2-9,21H,1H3. The van der Waals surface area contributed by atoms with Crippen molar-refractivity contribution in [3.8, 4) is 5.69 Å². The summed E-state index contributed by atoms with van der Waals surface area (Å²) in [6, 6.07) is 13.1. The predicted molar refractivity (Wildman–Crippen MR) is 86.7 cm³/mol. The van der Waals surface area contributed by atoms with E-state index in [-0.39, 0.29) is 16.3 Å². The highest BCUT2D eigenvalue weighted by Gasteiger charge is 2.11. The number of aromatic amines is 1. The monoisotopic (exact) mass is 330 g/mol. The van der Waals surface area contributed by atoms with Crippen LogP contribution < -0.4 is 5.56 Å². The Kier molecular flexibility index (Phi) is 4.08. The van der Waals surface area contributed by atoms with Gasteiger partial charge in [-0.2, -0.15) is 5.11 Å². The normalized spacial score (nSPS) is 11.3. The second-order valence-electron chi connectivity index (χ2n) is 4.86. The van der Waals surface area contributed by atoms with Crippen molar-refractivity contribution in [2.45, 2.75) is 6.92 Å². The first kappa shape index (κ1) is 15.2. The van der Waals surface area contributed by atoms with Gasteiger partial charge in [-0.05, 0) is 37.3 Å². The van der Waals surface area contributed by atoms with E-state index in [1.807, 2.05) is 18.2 Å². The highest BCUT2D eigenvalue weighted by molar-refractivity contribution is 6.30. The van der Waals surface area contributed by atoms with Crippen LogP contribution >= 0.6 is 11.6 Å². The Morgan fingerprint density at radius 2 is 1.87 bits per heavy atom. The number of hydrogen-bond donors (Lipinski definition) is 1. The number of rotatable bonds is 3. The Bertz CT molecular complexity index is 931. The van der Waals surface area contributed by atoms with Crippen LogP contribution in [0.1, 0.15) is 5.69 Å². The van der Waals surface area contributed by atoms with Gasteiger partial charge in [0.05, 0.1) is 22.1 Å². The molecular weight excluding hydrogens is 319 g/mol. The van der Waals surface area contributed by atoms with Crippen LogP contribution in [0.25, 0.3) is 5.69 Å². The lowest BCUT2D eigenvalue weighted by molar-refractivity contribution is 0.628. The van der Waals surface area contributed by atoms with Crippen molar-refractivity contribution in [1.29, 1.82) is 0 Å². The lowest BCUT2D eigenvalue weighted by atomic mass is 10.3. The average Bonchev–Trinajstić information content (AvgIpc) is 2.84. The van der Waals surface area contributed by atoms with Crippen molar-refractivity contribution in [3.05, 3.63) is 75.4 Å². The van der Waals surface area contributed by atoms with Gasteiger partial charge >= 0.3 is 0 Å². The predicted octanol–water partition coefficient (Wildman–Crippen LogP) is 4.68. The van der Waals surface area contributed by atoms with Gasteiger partial charge in [0.25, 0.3) is 5.56 Å². The lowest BCUT2D eigenvalue weighted by Crippen LogP contribution is -2.13. The fourth-order valence-electron chi connectivity index (χ4n) is 2.07. The Morgan fingerprint density at radius 3 is 2.57 bits per heavy atom. The van der Waals surface area contributed by atoms with Gasteiger partial charge in [-0.1, -0.05) is 29.8 Å². The van der Waals surface area contributed by atoms with E-state index in [1.54, 1.807) is 19.1 Å². The molecule has 0 aliphatic rings. The van der Waals surface area contributed by atoms with Crippen molar-refractivity contribution in [1.82, 2.24) is 9.78 Å². The number of hydrogen-bond acceptors (Lipinski definition) is 3. The van der Waals surface area contributed by atoms with Crippen molar-refractivity contribution >= 4 is 23.0 Å².